The molecule has 1 atom stereocenters. The maximum absolute atomic E-state index is 11.9. The van der Waals surface area contributed by atoms with Crippen LogP contribution in [0.5, 0.6) is 0 Å². The predicted octanol–water partition coefficient (Wildman–Crippen LogP) is 4.04. The van der Waals surface area contributed by atoms with Gasteiger partial charge < -0.3 is 15.5 Å². The van der Waals surface area contributed by atoms with E-state index in [1.165, 1.54) is 11.3 Å². The minimum Gasteiger partial charge on any atom is -0.371 e. The van der Waals surface area contributed by atoms with E-state index in [0.29, 0.717) is 19.0 Å². The van der Waals surface area contributed by atoms with Crippen molar-refractivity contribution in [3.63, 3.8) is 0 Å². The highest BCUT2D eigenvalue weighted by atomic mass is 35.5. The molecule has 24 heavy (non-hydrogen) atoms. The molecule has 0 saturated carbocycles. The van der Waals surface area contributed by atoms with Crippen molar-refractivity contribution in [2.45, 2.75) is 19.9 Å². The molecule has 128 valence electrons. The van der Waals surface area contributed by atoms with Crippen LogP contribution in [0.1, 0.15) is 16.9 Å². The maximum atomic E-state index is 11.9. The molecule has 0 radical (unpaired) electrons. The Morgan fingerprint density at radius 1 is 1.38 bits per heavy atom. The summed E-state index contributed by atoms with van der Waals surface area (Å²) in [5.41, 5.74) is 2.44. The number of benzene rings is 1. The Morgan fingerprint density at radius 2 is 2.25 bits per heavy atom. The number of hydrogen-bond donors (Lipinski definition) is 2. The number of anilines is 1. The molecule has 1 unspecified atom stereocenters. The minimum absolute atomic E-state index is 0.0965. The Morgan fingerprint density at radius 3 is 3.04 bits per heavy atom. The van der Waals surface area contributed by atoms with Gasteiger partial charge in [0.15, 0.2) is 0 Å². The number of carbonyl (C=O) groups is 1. The highest BCUT2D eigenvalue weighted by Gasteiger charge is 2.24. The van der Waals surface area contributed by atoms with Gasteiger partial charge in [-0.2, -0.15) is 0 Å². The lowest BCUT2D eigenvalue weighted by Gasteiger charge is -2.21. The number of halogens is 1. The van der Waals surface area contributed by atoms with Crippen LogP contribution in [-0.2, 0) is 6.54 Å². The minimum atomic E-state index is -0.0965. The van der Waals surface area contributed by atoms with Gasteiger partial charge in [0.25, 0.3) is 0 Å². The second-order valence-corrected chi connectivity index (χ2v) is 7.64. The lowest BCUT2D eigenvalue weighted by atomic mass is 10.1. The first-order valence-corrected chi connectivity index (χ1v) is 9.43. The van der Waals surface area contributed by atoms with E-state index in [4.69, 9.17) is 11.6 Å². The van der Waals surface area contributed by atoms with Crippen molar-refractivity contribution in [1.29, 1.82) is 0 Å². The van der Waals surface area contributed by atoms with Crippen LogP contribution in [0.25, 0.3) is 0 Å². The van der Waals surface area contributed by atoms with Gasteiger partial charge in [-0.25, -0.2) is 4.79 Å². The van der Waals surface area contributed by atoms with Crippen molar-refractivity contribution in [2.75, 3.05) is 24.5 Å². The highest BCUT2D eigenvalue weighted by Crippen LogP contribution is 2.29. The highest BCUT2D eigenvalue weighted by molar-refractivity contribution is 7.09. The molecule has 4 nitrogen and oxygen atoms in total. The van der Waals surface area contributed by atoms with Gasteiger partial charge in [0.2, 0.25) is 0 Å². The fraction of sp³-hybridized carbons (Fsp3) is 0.389. The third-order valence-electron chi connectivity index (χ3n) is 4.35. The standard InChI is InChI=1S/C18H22ClN3OS/c1-13-4-5-15(19)9-17(13)22-7-6-14(12-22)10-20-18(23)21-11-16-3-2-8-24-16/h2-5,8-9,14H,6-7,10-12H2,1H3,(H2,20,21,23). The van der Waals surface area contributed by atoms with Crippen LogP contribution in [0.3, 0.4) is 0 Å². The summed E-state index contributed by atoms with van der Waals surface area (Å²) in [6, 6.07) is 9.92. The second-order valence-electron chi connectivity index (χ2n) is 6.17. The molecule has 2 aromatic rings. The molecular formula is C18H22ClN3OS. The fourth-order valence-electron chi connectivity index (χ4n) is 3.02. The van der Waals surface area contributed by atoms with Crippen LogP contribution in [0.4, 0.5) is 10.5 Å². The van der Waals surface area contributed by atoms with Crippen LogP contribution in [0, 0.1) is 12.8 Å². The number of urea groups is 1. The van der Waals surface area contributed by atoms with Crippen molar-refractivity contribution < 1.29 is 4.79 Å². The average molecular weight is 364 g/mol. The third kappa shape index (κ3) is 4.42. The van der Waals surface area contributed by atoms with Crippen molar-refractivity contribution in [2.24, 2.45) is 5.92 Å². The molecule has 2 N–H and O–H groups in total. The number of hydrogen-bond acceptors (Lipinski definition) is 3. The van der Waals surface area contributed by atoms with E-state index in [-0.39, 0.29) is 6.03 Å². The second kappa shape index (κ2) is 7.90. The number of rotatable bonds is 5. The summed E-state index contributed by atoms with van der Waals surface area (Å²) in [5.74, 6) is 0.468. The van der Waals surface area contributed by atoms with Gasteiger partial charge in [0, 0.05) is 35.2 Å². The van der Waals surface area contributed by atoms with E-state index in [0.717, 1.165) is 29.4 Å². The van der Waals surface area contributed by atoms with Gasteiger partial charge in [-0.1, -0.05) is 23.7 Å². The van der Waals surface area contributed by atoms with E-state index < -0.39 is 0 Å². The largest absolute Gasteiger partial charge is 0.371 e. The zero-order chi connectivity index (χ0) is 16.9. The van der Waals surface area contributed by atoms with Crippen LogP contribution in [-0.4, -0.2) is 25.7 Å². The van der Waals surface area contributed by atoms with Gasteiger partial charge >= 0.3 is 6.03 Å². The first kappa shape index (κ1) is 17.1. The molecule has 0 spiro atoms. The van der Waals surface area contributed by atoms with Crippen LogP contribution in [0.15, 0.2) is 35.7 Å². The van der Waals surface area contributed by atoms with Gasteiger partial charge in [-0.15, -0.1) is 11.3 Å². The maximum Gasteiger partial charge on any atom is 0.315 e. The third-order valence-corrected chi connectivity index (χ3v) is 5.46. The summed E-state index contributed by atoms with van der Waals surface area (Å²) in [4.78, 5) is 15.4. The Bertz CT molecular complexity index is 690. The number of carbonyl (C=O) groups excluding carboxylic acids is 1. The Hall–Kier alpha value is -1.72. The Kier molecular flexibility index (Phi) is 5.63. The zero-order valence-corrected chi connectivity index (χ0v) is 15.3. The van der Waals surface area contributed by atoms with Crippen LogP contribution < -0.4 is 15.5 Å². The Labute approximate surface area is 151 Å². The summed E-state index contributed by atoms with van der Waals surface area (Å²) in [6.45, 7) is 5.35. The SMILES string of the molecule is Cc1ccc(Cl)cc1N1CCC(CNC(=O)NCc2cccs2)C1. The van der Waals surface area contributed by atoms with E-state index >= 15 is 0 Å². The van der Waals surface area contributed by atoms with Gasteiger partial charge in [0.05, 0.1) is 6.54 Å². The zero-order valence-electron chi connectivity index (χ0n) is 13.7. The van der Waals surface area contributed by atoms with E-state index in [1.807, 2.05) is 29.6 Å². The molecule has 1 aliphatic heterocycles. The summed E-state index contributed by atoms with van der Waals surface area (Å²) in [5, 5.41) is 8.67. The number of nitrogens with one attached hydrogen (secondary N) is 2. The number of thiophene rings is 1. The molecule has 1 fully saturated rings. The summed E-state index contributed by atoms with van der Waals surface area (Å²) in [6.07, 6.45) is 1.08. The van der Waals surface area contributed by atoms with E-state index in [2.05, 4.69) is 28.5 Å². The topological polar surface area (TPSA) is 44.4 Å². The lowest BCUT2D eigenvalue weighted by Crippen LogP contribution is -2.38. The number of aryl methyl sites for hydroxylation is 1. The molecular weight excluding hydrogens is 342 g/mol. The molecule has 0 aliphatic carbocycles. The Balaban J connectivity index is 1.44. The van der Waals surface area contributed by atoms with E-state index in [1.54, 1.807) is 11.3 Å². The van der Waals surface area contributed by atoms with Crippen molar-refractivity contribution in [1.82, 2.24) is 10.6 Å². The van der Waals surface area contributed by atoms with Crippen molar-refractivity contribution in [3.8, 4) is 0 Å². The monoisotopic (exact) mass is 363 g/mol. The summed E-state index contributed by atoms with van der Waals surface area (Å²) >= 11 is 7.77. The molecule has 2 heterocycles. The van der Waals surface area contributed by atoms with Crippen molar-refractivity contribution in [3.05, 3.63) is 51.2 Å². The number of nitrogens with zero attached hydrogens (tertiary/aromatic N) is 1. The smallest absolute Gasteiger partial charge is 0.315 e. The normalized spacial score (nSPS) is 17.1. The molecule has 1 aromatic carbocycles. The van der Waals surface area contributed by atoms with Crippen LogP contribution in [0.2, 0.25) is 5.02 Å². The quantitative estimate of drug-likeness (QED) is 0.842. The first-order valence-electron chi connectivity index (χ1n) is 8.17. The van der Waals surface area contributed by atoms with Gasteiger partial charge in [0.1, 0.15) is 0 Å². The molecule has 2 amide bonds. The predicted molar refractivity (Wildman–Crippen MR) is 101 cm³/mol. The van der Waals surface area contributed by atoms with Crippen molar-refractivity contribution >= 4 is 34.7 Å². The average Bonchev–Trinajstić information content (AvgIpc) is 3.24. The molecule has 1 aromatic heterocycles. The molecule has 0 bridgehead atoms. The molecule has 3 rings (SSSR count). The fourth-order valence-corrected chi connectivity index (χ4v) is 3.83. The summed E-state index contributed by atoms with van der Waals surface area (Å²) < 4.78 is 0. The van der Waals surface area contributed by atoms with E-state index in [9.17, 15) is 4.79 Å². The van der Waals surface area contributed by atoms with Gasteiger partial charge in [-0.05, 0) is 48.4 Å². The number of amides is 2. The molecule has 1 aliphatic rings. The lowest BCUT2D eigenvalue weighted by molar-refractivity contribution is 0.239. The summed E-state index contributed by atoms with van der Waals surface area (Å²) in [7, 11) is 0. The first-order chi connectivity index (χ1) is 11.6. The molecule has 6 heteroatoms. The van der Waals surface area contributed by atoms with Gasteiger partial charge in [-0.3, -0.25) is 0 Å². The molecule has 1 saturated heterocycles. The van der Waals surface area contributed by atoms with Crippen LogP contribution >= 0.6 is 22.9 Å².